The van der Waals surface area contributed by atoms with Gasteiger partial charge in [0.1, 0.15) is 5.82 Å². The van der Waals surface area contributed by atoms with Crippen LogP contribution in [0.15, 0.2) is 48.7 Å². The minimum atomic E-state index is -0.213. The quantitative estimate of drug-likeness (QED) is 0.790. The summed E-state index contributed by atoms with van der Waals surface area (Å²) in [7, 11) is 0. The monoisotopic (exact) mass is 272 g/mol. The molecule has 96 valence electrons. The number of nitrogens with zero attached hydrogens (tertiary/aromatic N) is 1. The Kier molecular flexibility index (Phi) is 3.27. The molecule has 0 fully saturated rings. The molecule has 1 aromatic carbocycles. The normalized spacial score (nSPS) is 12.7. The third-order valence-corrected chi connectivity index (χ3v) is 4.27. The Labute approximate surface area is 114 Å². The zero-order valence-corrected chi connectivity index (χ0v) is 11.0. The third kappa shape index (κ3) is 2.64. The van der Waals surface area contributed by atoms with Gasteiger partial charge >= 0.3 is 0 Å². The Hall–Kier alpha value is -1.78. The molecule has 3 aromatic rings. The molecular formula is C15H13FN2S. The van der Waals surface area contributed by atoms with Crippen LogP contribution in [0.25, 0.3) is 10.1 Å². The molecule has 0 radical (unpaired) electrons. The van der Waals surface area contributed by atoms with Crippen molar-refractivity contribution >= 4 is 21.4 Å². The second-order valence-corrected chi connectivity index (χ2v) is 5.58. The Morgan fingerprint density at radius 3 is 2.89 bits per heavy atom. The molecule has 19 heavy (non-hydrogen) atoms. The van der Waals surface area contributed by atoms with E-state index in [2.05, 4.69) is 4.98 Å². The van der Waals surface area contributed by atoms with Gasteiger partial charge in [0, 0.05) is 33.9 Å². The number of thiophene rings is 1. The van der Waals surface area contributed by atoms with Crippen LogP contribution in [0.4, 0.5) is 4.39 Å². The van der Waals surface area contributed by atoms with Crippen molar-refractivity contribution in [3.05, 3.63) is 65.0 Å². The summed E-state index contributed by atoms with van der Waals surface area (Å²) in [5, 5.41) is 0.913. The van der Waals surface area contributed by atoms with E-state index in [0.29, 0.717) is 6.42 Å². The van der Waals surface area contributed by atoms with Crippen LogP contribution in [-0.4, -0.2) is 4.98 Å². The predicted octanol–water partition coefficient (Wildman–Crippen LogP) is 3.68. The molecule has 2 aromatic heterocycles. The first-order valence-corrected chi connectivity index (χ1v) is 6.88. The van der Waals surface area contributed by atoms with Crippen molar-refractivity contribution < 1.29 is 4.39 Å². The van der Waals surface area contributed by atoms with Gasteiger partial charge in [0.05, 0.1) is 0 Å². The molecule has 0 spiro atoms. The van der Waals surface area contributed by atoms with Crippen LogP contribution < -0.4 is 5.73 Å². The summed E-state index contributed by atoms with van der Waals surface area (Å²) < 4.78 is 14.2. The van der Waals surface area contributed by atoms with Gasteiger partial charge in [-0.3, -0.25) is 4.98 Å². The highest BCUT2D eigenvalue weighted by molar-refractivity contribution is 7.19. The van der Waals surface area contributed by atoms with E-state index in [1.54, 1.807) is 29.7 Å². The summed E-state index contributed by atoms with van der Waals surface area (Å²) in [6.45, 7) is 0. The average molecular weight is 272 g/mol. The molecule has 0 aliphatic heterocycles. The highest BCUT2D eigenvalue weighted by Gasteiger charge is 2.11. The Morgan fingerprint density at radius 2 is 2.11 bits per heavy atom. The largest absolute Gasteiger partial charge is 0.323 e. The molecule has 0 aliphatic rings. The number of rotatable bonds is 3. The minimum Gasteiger partial charge on any atom is -0.323 e. The Bertz CT molecular complexity index is 694. The van der Waals surface area contributed by atoms with Crippen molar-refractivity contribution in [3.8, 4) is 0 Å². The number of fused-ring (bicyclic) bond motifs is 1. The van der Waals surface area contributed by atoms with Crippen LogP contribution in [0, 0.1) is 5.82 Å². The van der Waals surface area contributed by atoms with Crippen LogP contribution >= 0.6 is 11.3 Å². The van der Waals surface area contributed by atoms with Crippen molar-refractivity contribution in [3.63, 3.8) is 0 Å². The topological polar surface area (TPSA) is 38.9 Å². The van der Waals surface area contributed by atoms with Crippen LogP contribution in [0.2, 0.25) is 0 Å². The fourth-order valence-corrected chi connectivity index (χ4v) is 3.11. The average Bonchev–Trinajstić information content (AvgIpc) is 2.83. The molecule has 2 nitrogen and oxygen atoms in total. The maximum atomic E-state index is 13.2. The fraction of sp³-hybridized carbons (Fsp3) is 0.133. The number of pyridine rings is 1. The van der Waals surface area contributed by atoms with Gasteiger partial charge in [-0.25, -0.2) is 4.39 Å². The van der Waals surface area contributed by atoms with Gasteiger partial charge in [-0.1, -0.05) is 6.07 Å². The van der Waals surface area contributed by atoms with E-state index in [1.165, 1.54) is 6.07 Å². The lowest BCUT2D eigenvalue weighted by Gasteiger charge is -2.08. The van der Waals surface area contributed by atoms with Crippen molar-refractivity contribution in [1.29, 1.82) is 0 Å². The van der Waals surface area contributed by atoms with E-state index in [-0.39, 0.29) is 11.9 Å². The lowest BCUT2D eigenvalue weighted by atomic mass is 10.1. The van der Waals surface area contributed by atoms with Gasteiger partial charge < -0.3 is 5.73 Å². The van der Waals surface area contributed by atoms with Gasteiger partial charge in [-0.15, -0.1) is 11.3 Å². The van der Waals surface area contributed by atoms with Crippen LogP contribution in [-0.2, 0) is 6.42 Å². The van der Waals surface area contributed by atoms with E-state index in [9.17, 15) is 4.39 Å². The maximum Gasteiger partial charge on any atom is 0.123 e. The summed E-state index contributed by atoms with van der Waals surface area (Å²) >= 11 is 1.61. The van der Waals surface area contributed by atoms with Crippen LogP contribution in [0.1, 0.15) is 16.6 Å². The van der Waals surface area contributed by atoms with Gasteiger partial charge in [0.25, 0.3) is 0 Å². The first-order chi connectivity index (χ1) is 9.22. The zero-order chi connectivity index (χ0) is 13.2. The molecule has 1 atom stereocenters. The molecule has 0 saturated heterocycles. The van der Waals surface area contributed by atoms with E-state index < -0.39 is 0 Å². The van der Waals surface area contributed by atoms with Gasteiger partial charge in [-0.05, 0) is 41.8 Å². The van der Waals surface area contributed by atoms with Gasteiger partial charge in [0.15, 0.2) is 0 Å². The number of hydrogen-bond donors (Lipinski definition) is 1. The standard InChI is InChI=1S/C15H13FN2S/c16-11-4-5-14-10(7-11)8-15(19-14)13(17)9-12-3-1-2-6-18-12/h1-8,13H,9,17H2. The van der Waals surface area contributed by atoms with Gasteiger partial charge in [0.2, 0.25) is 0 Å². The molecule has 0 saturated carbocycles. The fourth-order valence-electron chi connectivity index (χ4n) is 2.06. The molecule has 3 rings (SSSR count). The lowest BCUT2D eigenvalue weighted by molar-refractivity contribution is 0.630. The maximum absolute atomic E-state index is 13.2. The minimum absolute atomic E-state index is 0.102. The molecule has 2 N–H and O–H groups in total. The number of aromatic nitrogens is 1. The molecule has 4 heteroatoms. The number of benzene rings is 1. The molecule has 0 amide bonds. The summed E-state index contributed by atoms with van der Waals surface area (Å²) in [4.78, 5) is 5.34. The van der Waals surface area contributed by atoms with Crippen molar-refractivity contribution in [2.24, 2.45) is 5.73 Å². The third-order valence-electron chi connectivity index (χ3n) is 3.02. The van der Waals surface area contributed by atoms with Crippen molar-refractivity contribution in [2.45, 2.75) is 12.5 Å². The number of halogens is 1. The predicted molar refractivity (Wildman–Crippen MR) is 76.7 cm³/mol. The first kappa shape index (κ1) is 12.3. The Balaban J connectivity index is 1.87. The van der Waals surface area contributed by atoms with Crippen LogP contribution in [0.3, 0.4) is 0 Å². The highest BCUT2D eigenvalue weighted by atomic mass is 32.1. The molecule has 1 unspecified atom stereocenters. The second kappa shape index (κ2) is 5.07. The molecule has 0 aliphatic carbocycles. The summed E-state index contributed by atoms with van der Waals surface area (Å²) in [6.07, 6.45) is 2.46. The number of hydrogen-bond acceptors (Lipinski definition) is 3. The van der Waals surface area contributed by atoms with Crippen molar-refractivity contribution in [2.75, 3.05) is 0 Å². The SMILES string of the molecule is NC(Cc1ccccn1)c1cc2cc(F)ccc2s1. The van der Waals surface area contributed by atoms with E-state index in [0.717, 1.165) is 20.7 Å². The lowest BCUT2D eigenvalue weighted by Crippen LogP contribution is -2.12. The highest BCUT2D eigenvalue weighted by Crippen LogP contribution is 2.30. The second-order valence-electron chi connectivity index (χ2n) is 4.46. The Morgan fingerprint density at radius 1 is 1.21 bits per heavy atom. The molecule has 2 heterocycles. The van der Waals surface area contributed by atoms with E-state index in [1.807, 2.05) is 24.3 Å². The summed E-state index contributed by atoms with van der Waals surface area (Å²) in [5.41, 5.74) is 7.18. The van der Waals surface area contributed by atoms with E-state index in [4.69, 9.17) is 5.73 Å². The van der Waals surface area contributed by atoms with E-state index >= 15 is 0 Å². The smallest absolute Gasteiger partial charge is 0.123 e. The summed E-state index contributed by atoms with van der Waals surface area (Å²) in [5.74, 6) is -0.213. The molecular weight excluding hydrogens is 259 g/mol. The van der Waals surface area contributed by atoms with Crippen molar-refractivity contribution in [1.82, 2.24) is 4.98 Å². The van der Waals surface area contributed by atoms with Gasteiger partial charge in [-0.2, -0.15) is 0 Å². The molecule has 0 bridgehead atoms. The summed E-state index contributed by atoms with van der Waals surface area (Å²) in [6, 6.07) is 12.5. The zero-order valence-electron chi connectivity index (χ0n) is 10.2. The first-order valence-electron chi connectivity index (χ1n) is 6.07. The number of nitrogens with two attached hydrogens (primary N) is 1. The van der Waals surface area contributed by atoms with Crippen LogP contribution in [0.5, 0.6) is 0 Å².